The number of aromatic nitrogens is 1. The van der Waals surface area contributed by atoms with Gasteiger partial charge in [-0.1, -0.05) is 57.4 Å². The highest BCUT2D eigenvalue weighted by Crippen LogP contribution is 2.24. The van der Waals surface area contributed by atoms with Crippen LogP contribution in [-0.4, -0.2) is 29.4 Å². The third-order valence-corrected chi connectivity index (χ3v) is 5.63. The maximum absolute atomic E-state index is 12.7. The minimum atomic E-state index is -0.486. The van der Waals surface area contributed by atoms with E-state index in [0.29, 0.717) is 13.0 Å². The Kier molecular flexibility index (Phi) is 7.01. The van der Waals surface area contributed by atoms with Crippen molar-refractivity contribution in [1.82, 2.24) is 15.6 Å². The number of pyridine rings is 1. The van der Waals surface area contributed by atoms with Gasteiger partial charge in [0, 0.05) is 24.0 Å². The molecule has 1 atom stereocenters. The third-order valence-electron chi connectivity index (χ3n) is 5.63. The van der Waals surface area contributed by atoms with Crippen molar-refractivity contribution in [1.29, 1.82) is 0 Å². The number of fused-ring (bicyclic) bond motifs is 1. The highest BCUT2D eigenvalue weighted by atomic mass is 16.2. The molecule has 0 spiro atoms. The summed E-state index contributed by atoms with van der Waals surface area (Å²) in [7, 11) is 0. The Balaban J connectivity index is 1.56. The number of hydrogen-bond acceptors (Lipinski definition) is 3. The Morgan fingerprint density at radius 3 is 2.61 bits per heavy atom. The van der Waals surface area contributed by atoms with Crippen LogP contribution in [0.15, 0.2) is 36.5 Å². The number of nitrogens with one attached hydrogen (secondary N) is 2. The van der Waals surface area contributed by atoms with Gasteiger partial charge in [0.2, 0.25) is 11.8 Å². The number of nitrogens with zero attached hydrogens (tertiary/aromatic N) is 1. The average Bonchev–Trinajstić information content (AvgIpc) is 2.72. The molecule has 1 aliphatic carbocycles. The average molecular weight is 382 g/mol. The summed E-state index contributed by atoms with van der Waals surface area (Å²) in [6, 6.07) is 9.59. The second kappa shape index (κ2) is 9.67. The van der Waals surface area contributed by atoms with Gasteiger partial charge in [-0.15, -0.1) is 0 Å². The number of benzene rings is 1. The number of hydrogen-bond donors (Lipinski definition) is 2. The Morgan fingerprint density at radius 1 is 1.11 bits per heavy atom. The molecule has 3 rings (SSSR count). The van der Waals surface area contributed by atoms with Gasteiger partial charge < -0.3 is 10.6 Å². The predicted molar refractivity (Wildman–Crippen MR) is 112 cm³/mol. The normalized spacial score (nSPS) is 16.1. The van der Waals surface area contributed by atoms with Gasteiger partial charge in [-0.3, -0.25) is 14.6 Å². The lowest BCUT2D eigenvalue weighted by atomic mass is 9.88. The molecule has 0 bridgehead atoms. The Labute approximate surface area is 167 Å². The lowest BCUT2D eigenvalue weighted by Gasteiger charge is -2.26. The van der Waals surface area contributed by atoms with E-state index in [1.54, 1.807) is 6.20 Å². The van der Waals surface area contributed by atoms with E-state index in [9.17, 15) is 9.59 Å². The molecule has 1 aromatic heterocycles. The molecule has 1 saturated carbocycles. The van der Waals surface area contributed by atoms with E-state index in [4.69, 9.17) is 0 Å². The fraction of sp³-hybridized carbons (Fsp3) is 0.522. The van der Waals surface area contributed by atoms with Crippen molar-refractivity contribution in [3.63, 3.8) is 0 Å². The van der Waals surface area contributed by atoms with Crippen LogP contribution >= 0.6 is 0 Å². The van der Waals surface area contributed by atoms with Crippen molar-refractivity contribution in [3.8, 4) is 0 Å². The zero-order valence-electron chi connectivity index (χ0n) is 16.9. The van der Waals surface area contributed by atoms with E-state index in [2.05, 4.69) is 15.6 Å². The topological polar surface area (TPSA) is 71.1 Å². The van der Waals surface area contributed by atoms with E-state index in [1.165, 1.54) is 6.42 Å². The first-order valence-electron chi connectivity index (χ1n) is 10.5. The Bertz CT molecular complexity index is 807. The smallest absolute Gasteiger partial charge is 0.242 e. The monoisotopic (exact) mass is 381 g/mol. The lowest BCUT2D eigenvalue weighted by Crippen LogP contribution is -2.51. The predicted octanol–water partition coefficient (Wildman–Crippen LogP) is 3.61. The van der Waals surface area contributed by atoms with Crippen molar-refractivity contribution in [2.24, 2.45) is 11.8 Å². The number of rotatable bonds is 7. The summed E-state index contributed by atoms with van der Waals surface area (Å²) in [4.78, 5) is 29.7. The third kappa shape index (κ3) is 5.09. The minimum absolute atomic E-state index is 0.0341. The summed E-state index contributed by atoms with van der Waals surface area (Å²) < 4.78 is 0. The lowest BCUT2D eigenvalue weighted by molar-refractivity contribution is -0.132. The van der Waals surface area contributed by atoms with Crippen LogP contribution in [-0.2, 0) is 16.0 Å². The van der Waals surface area contributed by atoms with Gasteiger partial charge in [0.1, 0.15) is 6.04 Å². The second-order valence-corrected chi connectivity index (χ2v) is 8.10. The van der Waals surface area contributed by atoms with Crippen LogP contribution in [0, 0.1) is 11.8 Å². The molecular weight excluding hydrogens is 350 g/mol. The Morgan fingerprint density at radius 2 is 1.86 bits per heavy atom. The molecule has 5 nitrogen and oxygen atoms in total. The maximum Gasteiger partial charge on any atom is 0.242 e. The molecule has 2 amide bonds. The Hall–Kier alpha value is -2.43. The van der Waals surface area contributed by atoms with Crippen LogP contribution in [0.2, 0.25) is 0 Å². The molecule has 1 fully saturated rings. The molecule has 2 aromatic rings. The molecule has 0 aliphatic heterocycles. The van der Waals surface area contributed by atoms with Crippen LogP contribution in [0.1, 0.15) is 51.5 Å². The number of carbonyl (C=O) groups excluding carboxylic acids is 2. The molecule has 1 heterocycles. The van der Waals surface area contributed by atoms with Crippen LogP contribution in [0.25, 0.3) is 10.9 Å². The summed E-state index contributed by atoms with van der Waals surface area (Å²) in [5.41, 5.74) is 2.09. The molecule has 1 aliphatic rings. The zero-order valence-corrected chi connectivity index (χ0v) is 16.9. The van der Waals surface area contributed by atoms with Crippen LogP contribution in [0.5, 0.6) is 0 Å². The van der Waals surface area contributed by atoms with Gasteiger partial charge in [0.15, 0.2) is 0 Å². The first-order valence-corrected chi connectivity index (χ1v) is 10.5. The molecule has 150 valence electrons. The molecule has 0 unspecified atom stereocenters. The van der Waals surface area contributed by atoms with Gasteiger partial charge in [0.25, 0.3) is 0 Å². The fourth-order valence-corrected chi connectivity index (χ4v) is 3.97. The summed E-state index contributed by atoms with van der Waals surface area (Å²) in [5, 5.41) is 7.11. The second-order valence-electron chi connectivity index (χ2n) is 8.10. The highest BCUT2D eigenvalue weighted by Gasteiger charge is 2.28. The van der Waals surface area contributed by atoms with Crippen LogP contribution < -0.4 is 10.6 Å². The van der Waals surface area contributed by atoms with Gasteiger partial charge >= 0.3 is 0 Å². The summed E-state index contributed by atoms with van der Waals surface area (Å²) in [6.45, 7) is 4.47. The first-order chi connectivity index (χ1) is 13.6. The van der Waals surface area contributed by atoms with Crippen LogP contribution in [0.3, 0.4) is 0 Å². The molecule has 2 N–H and O–H groups in total. The minimum Gasteiger partial charge on any atom is -0.354 e. The van der Waals surface area contributed by atoms with E-state index in [-0.39, 0.29) is 23.7 Å². The molecule has 0 saturated heterocycles. The summed E-state index contributed by atoms with van der Waals surface area (Å²) in [6.07, 6.45) is 7.80. The van der Waals surface area contributed by atoms with Crippen molar-refractivity contribution in [2.75, 3.05) is 6.54 Å². The van der Waals surface area contributed by atoms with Gasteiger partial charge in [-0.25, -0.2) is 0 Å². The van der Waals surface area contributed by atoms with Crippen LogP contribution in [0.4, 0.5) is 0 Å². The molecular formula is C23H31N3O2. The molecule has 1 aromatic carbocycles. The standard InChI is InChI=1S/C23H31N3O2/c1-16(2)20(26-22(27)19-8-4-3-5-9-19)23(28)25-15-13-18-11-6-10-17-12-7-14-24-21(17)18/h6-7,10-12,14,16,19-20H,3-5,8-9,13,15H2,1-2H3,(H,25,28)(H,26,27)/t20-/m0/s1. The summed E-state index contributed by atoms with van der Waals surface area (Å²) in [5.74, 6) is 0.0375. The van der Waals surface area contributed by atoms with E-state index in [0.717, 1.165) is 42.1 Å². The van der Waals surface area contributed by atoms with Gasteiger partial charge in [-0.05, 0) is 36.8 Å². The number of amides is 2. The molecule has 0 radical (unpaired) electrons. The van der Waals surface area contributed by atoms with E-state index in [1.807, 2.05) is 44.2 Å². The van der Waals surface area contributed by atoms with E-state index >= 15 is 0 Å². The number of carbonyl (C=O) groups is 2. The molecule has 5 heteroatoms. The quantitative estimate of drug-likeness (QED) is 0.770. The van der Waals surface area contributed by atoms with Crippen molar-refractivity contribution >= 4 is 22.7 Å². The van der Waals surface area contributed by atoms with Crippen molar-refractivity contribution in [3.05, 3.63) is 42.1 Å². The SMILES string of the molecule is CC(C)[C@H](NC(=O)C1CCCCC1)C(=O)NCCc1cccc2cccnc12. The maximum atomic E-state index is 12.7. The van der Waals surface area contributed by atoms with Crippen molar-refractivity contribution in [2.45, 2.75) is 58.4 Å². The van der Waals surface area contributed by atoms with Crippen molar-refractivity contribution < 1.29 is 9.59 Å². The summed E-state index contributed by atoms with van der Waals surface area (Å²) >= 11 is 0. The molecule has 28 heavy (non-hydrogen) atoms. The highest BCUT2D eigenvalue weighted by molar-refractivity contribution is 5.88. The first kappa shape index (κ1) is 20.3. The van der Waals surface area contributed by atoms with Gasteiger partial charge in [-0.2, -0.15) is 0 Å². The number of para-hydroxylation sites is 1. The van der Waals surface area contributed by atoms with Gasteiger partial charge in [0.05, 0.1) is 5.52 Å². The van der Waals surface area contributed by atoms with E-state index < -0.39 is 6.04 Å². The zero-order chi connectivity index (χ0) is 19.9. The largest absolute Gasteiger partial charge is 0.354 e. The fourth-order valence-electron chi connectivity index (χ4n) is 3.97.